The molecule has 2 heterocycles. The summed E-state index contributed by atoms with van der Waals surface area (Å²) in [6, 6.07) is 16.5. The summed E-state index contributed by atoms with van der Waals surface area (Å²) in [6.45, 7) is 1.92. The average Bonchev–Trinajstić information content (AvgIpc) is 3.19. The molecule has 2 aromatic carbocycles. The summed E-state index contributed by atoms with van der Waals surface area (Å²) in [6.07, 6.45) is 3.41. The standard InChI is InChI=1S/C18H15N3O2S2/c1-13-7-9-15(10-8-13)25(22,23)20-17-16(14-5-3-2-4-6-14)24-18-19-11-12-21(17)18/h2-12,20H,1H3. The minimum atomic E-state index is -3.69. The minimum Gasteiger partial charge on any atom is -0.275 e. The zero-order chi connectivity index (χ0) is 17.4. The van der Waals surface area contributed by atoms with Crippen molar-refractivity contribution in [3.8, 4) is 10.4 Å². The molecule has 7 heteroatoms. The Bertz CT molecular complexity index is 1130. The van der Waals surface area contributed by atoms with Crippen LogP contribution in [0.5, 0.6) is 0 Å². The lowest BCUT2D eigenvalue weighted by Crippen LogP contribution is -2.14. The van der Waals surface area contributed by atoms with Crippen molar-refractivity contribution in [3.05, 3.63) is 72.6 Å². The molecule has 0 saturated heterocycles. The second-order valence-corrected chi connectivity index (χ2v) is 8.30. The molecule has 0 aliphatic heterocycles. The van der Waals surface area contributed by atoms with Crippen LogP contribution in [0.3, 0.4) is 0 Å². The Hall–Kier alpha value is -2.64. The van der Waals surface area contributed by atoms with Crippen molar-refractivity contribution in [2.24, 2.45) is 0 Å². The van der Waals surface area contributed by atoms with E-state index >= 15 is 0 Å². The van der Waals surface area contributed by atoms with Crippen LogP contribution in [0.15, 0.2) is 71.9 Å². The van der Waals surface area contributed by atoms with Crippen molar-refractivity contribution in [1.82, 2.24) is 9.38 Å². The molecule has 0 amide bonds. The first-order valence-corrected chi connectivity index (χ1v) is 9.95. The van der Waals surface area contributed by atoms with Crippen LogP contribution in [0.1, 0.15) is 5.56 Å². The zero-order valence-electron chi connectivity index (χ0n) is 13.4. The van der Waals surface area contributed by atoms with Gasteiger partial charge in [-0.2, -0.15) is 0 Å². The average molecular weight is 369 g/mol. The van der Waals surface area contributed by atoms with Crippen molar-refractivity contribution in [1.29, 1.82) is 0 Å². The highest BCUT2D eigenvalue weighted by Crippen LogP contribution is 2.37. The zero-order valence-corrected chi connectivity index (χ0v) is 15.0. The quantitative estimate of drug-likeness (QED) is 0.587. The lowest BCUT2D eigenvalue weighted by atomic mass is 10.2. The number of sulfonamides is 1. The van der Waals surface area contributed by atoms with Gasteiger partial charge in [-0.1, -0.05) is 59.4 Å². The van der Waals surface area contributed by atoms with Gasteiger partial charge in [-0.15, -0.1) is 0 Å². The van der Waals surface area contributed by atoms with Gasteiger partial charge >= 0.3 is 0 Å². The Morgan fingerprint density at radius 1 is 1.04 bits per heavy atom. The number of imidazole rings is 1. The van der Waals surface area contributed by atoms with Crippen molar-refractivity contribution in [3.63, 3.8) is 0 Å². The van der Waals surface area contributed by atoms with Crippen LogP contribution in [0, 0.1) is 6.92 Å². The molecule has 5 nitrogen and oxygen atoms in total. The molecule has 0 unspecified atom stereocenters. The molecule has 0 radical (unpaired) electrons. The van der Waals surface area contributed by atoms with Crippen LogP contribution in [-0.4, -0.2) is 17.8 Å². The second kappa shape index (κ2) is 6.02. The molecule has 0 atom stereocenters. The summed E-state index contributed by atoms with van der Waals surface area (Å²) in [5.74, 6) is 0.504. The summed E-state index contributed by atoms with van der Waals surface area (Å²) in [7, 11) is -3.69. The van der Waals surface area contributed by atoms with Crippen LogP contribution < -0.4 is 4.72 Å². The number of anilines is 1. The number of aromatic nitrogens is 2. The van der Waals surface area contributed by atoms with Crippen LogP contribution in [0.2, 0.25) is 0 Å². The number of hydrogen-bond donors (Lipinski definition) is 1. The van der Waals surface area contributed by atoms with Gasteiger partial charge in [0.2, 0.25) is 0 Å². The summed E-state index contributed by atoms with van der Waals surface area (Å²) in [5, 5.41) is 0. The van der Waals surface area contributed by atoms with Crippen LogP contribution in [-0.2, 0) is 10.0 Å². The lowest BCUT2D eigenvalue weighted by Gasteiger charge is -2.10. The predicted molar refractivity (Wildman–Crippen MR) is 100 cm³/mol. The molecule has 126 valence electrons. The Morgan fingerprint density at radius 3 is 2.48 bits per heavy atom. The molecule has 0 spiro atoms. The third-order valence-corrected chi connectivity index (χ3v) is 6.33. The van der Waals surface area contributed by atoms with Crippen LogP contribution >= 0.6 is 11.3 Å². The van der Waals surface area contributed by atoms with E-state index in [-0.39, 0.29) is 4.90 Å². The summed E-state index contributed by atoms with van der Waals surface area (Å²) in [4.78, 5) is 6.09. The molecule has 2 aromatic heterocycles. The van der Waals surface area contributed by atoms with E-state index in [1.165, 1.54) is 11.3 Å². The minimum absolute atomic E-state index is 0.233. The van der Waals surface area contributed by atoms with Gasteiger partial charge in [0.15, 0.2) is 4.96 Å². The Kier molecular flexibility index (Phi) is 3.82. The molecule has 4 aromatic rings. The van der Waals surface area contributed by atoms with Gasteiger partial charge in [0, 0.05) is 12.4 Å². The Balaban J connectivity index is 1.83. The number of hydrogen-bond acceptors (Lipinski definition) is 4. The molecule has 4 rings (SSSR count). The number of thiazole rings is 1. The fourth-order valence-electron chi connectivity index (χ4n) is 2.57. The summed E-state index contributed by atoms with van der Waals surface area (Å²) in [5.41, 5.74) is 1.95. The second-order valence-electron chi connectivity index (χ2n) is 5.64. The first-order chi connectivity index (χ1) is 12.0. The number of nitrogens with zero attached hydrogens (tertiary/aromatic N) is 2. The maximum atomic E-state index is 12.8. The fourth-order valence-corrected chi connectivity index (χ4v) is 4.75. The monoisotopic (exact) mass is 369 g/mol. The Labute approximate surface area is 149 Å². The summed E-state index contributed by atoms with van der Waals surface area (Å²) < 4.78 is 30.1. The maximum absolute atomic E-state index is 12.8. The molecule has 0 bridgehead atoms. The normalized spacial score (nSPS) is 11.7. The van der Waals surface area contributed by atoms with Gasteiger partial charge < -0.3 is 0 Å². The molecular formula is C18H15N3O2S2. The van der Waals surface area contributed by atoms with Crippen molar-refractivity contribution in [2.75, 3.05) is 4.72 Å². The van der Waals surface area contributed by atoms with E-state index in [0.717, 1.165) is 21.0 Å². The van der Waals surface area contributed by atoms with E-state index in [9.17, 15) is 8.42 Å². The summed E-state index contributed by atoms with van der Waals surface area (Å²) >= 11 is 1.45. The SMILES string of the molecule is Cc1ccc(S(=O)(=O)Nc2c(-c3ccccc3)sc3nccn23)cc1. The van der Waals surface area contributed by atoms with Gasteiger partial charge in [-0.05, 0) is 24.6 Å². The predicted octanol–water partition coefficient (Wildman–Crippen LogP) is 4.17. The molecule has 0 aliphatic rings. The van der Waals surface area contributed by atoms with Gasteiger partial charge in [-0.25, -0.2) is 13.4 Å². The largest absolute Gasteiger partial charge is 0.275 e. The topological polar surface area (TPSA) is 63.5 Å². The van der Waals surface area contributed by atoms with E-state index in [0.29, 0.717) is 5.82 Å². The highest BCUT2D eigenvalue weighted by Gasteiger charge is 2.21. The van der Waals surface area contributed by atoms with Gasteiger partial charge in [0.1, 0.15) is 5.82 Å². The number of nitrogens with one attached hydrogen (secondary N) is 1. The Morgan fingerprint density at radius 2 is 1.76 bits per heavy atom. The number of aryl methyl sites for hydroxylation is 1. The van der Waals surface area contributed by atoms with Gasteiger partial charge in [-0.3, -0.25) is 9.12 Å². The van der Waals surface area contributed by atoms with Crippen molar-refractivity contribution >= 4 is 32.1 Å². The van der Waals surface area contributed by atoms with E-state index < -0.39 is 10.0 Å². The fraction of sp³-hybridized carbons (Fsp3) is 0.0556. The third kappa shape index (κ3) is 2.92. The molecule has 1 N–H and O–H groups in total. The molecule has 0 fully saturated rings. The van der Waals surface area contributed by atoms with Gasteiger partial charge in [0.25, 0.3) is 10.0 Å². The third-order valence-electron chi connectivity index (χ3n) is 3.85. The van der Waals surface area contributed by atoms with E-state index in [2.05, 4.69) is 9.71 Å². The first-order valence-electron chi connectivity index (χ1n) is 7.65. The van der Waals surface area contributed by atoms with E-state index in [1.54, 1.807) is 41.1 Å². The molecule has 25 heavy (non-hydrogen) atoms. The van der Waals surface area contributed by atoms with E-state index in [1.807, 2.05) is 37.3 Å². The maximum Gasteiger partial charge on any atom is 0.263 e. The molecule has 0 aliphatic carbocycles. The number of fused-ring (bicyclic) bond motifs is 1. The van der Waals surface area contributed by atoms with Crippen molar-refractivity contribution in [2.45, 2.75) is 11.8 Å². The van der Waals surface area contributed by atoms with Crippen molar-refractivity contribution < 1.29 is 8.42 Å². The highest BCUT2D eigenvalue weighted by atomic mass is 32.2. The van der Waals surface area contributed by atoms with Gasteiger partial charge in [0.05, 0.1) is 9.77 Å². The van der Waals surface area contributed by atoms with Crippen LogP contribution in [0.25, 0.3) is 15.4 Å². The highest BCUT2D eigenvalue weighted by molar-refractivity contribution is 7.92. The van der Waals surface area contributed by atoms with E-state index in [4.69, 9.17) is 0 Å². The molecule has 0 saturated carbocycles. The van der Waals surface area contributed by atoms with Crippen LogP contribution in [0.4, 0.5) is 5.82 Å². The number of benzene rings is 2. The smallest absolute Gasteiger partial charge is 0.263 e. The molecular weight excluding hydrogens is 354 g/mol. The number of rotatable bonds is 4. The first kappa shape index (κ1) is 15.9. The lowest BCUT2D eigenvalue weighted by molar-refractivity contribution is 0.601.